The first-order valence-electron chi connectivity index (χ1n) is 8.85. The molecular formula is C21H23NO4. The van der Waals surface area contributed by atoms with Crippen LogP contribution in [0.3, 0.4) is 0 Å². The van der Waals surface area contributed by atoms with Crippen LogP contribution in [0.25, 0.3) is 11.1 Å². The monoisotopic (exact) mass is 353 g/mol. The van der Waals surface area contributed by atoms with Crippen LogP contribution in [0.1, 0.15) is 19.8 Å². The van der Waals surface area contributed by atoms with Gasteiger partial charge in [-0.25, -0.2) is 4.79 Å². The minimum absolute atomic E-state index is 0.139. The highest BCUT2D eigenvalue weighted by molar-refractivity contribution is 5.81. The Morgan fingerprint density at radius 3 is 2.31 bits per heavy atom. The van der Waals surface area contributed by atoms with E-state index in [1.54, 1.807) is 12.1 Å². The Morgan fingerprint density at radius 2 is 1.65 bits per heavy atom. The summed E-state index contributed by atoms with van der Waals surface area (Å²) >= 11 is 0. The second-order valence-electron chi connectivity index (χ2n) is 6.53. The fourth-order valence-corrected chi connectivity index (χ4v) is 2.71. The lowest BCUT2D eigenvalue weighted by molar-refractivity contribution is -0.150. The molecule has 0 heterocycles. The van der Waals surface area contributed by atoms with Gasteiger partial charge in [0.05, 0.1) is 0 Å². The molecule has 3 rings (SSSR count). The average Bonchev–Trinajstić information content (AvgIpc) is 3.51. The van der Waals surface area contributed by atoms with Crippen LogP contribution >= 0.6 is 0 Å². The van der Waals surface area contributed by atoms with Gasteiger partial charge in [0.15, 0.2) is 13.2 Å². The molecule has 0 spiro atoms. The van der Waals surface area contributed by atoms with Gasteiger partial charge in [0, 0.05) is 6.04 Å². The maximum atomic E-state index is 11.7. The molecule has 1 atom stereocenters. The quantitative estimate of drug-likeness (QED) is 0.740. The molecular weight excluding hydrogens is 330 g/mol. The molecule has 0 saturated heterocycles. The van der Waals surface area contributed by atoms with Crippen LogP contribution in [-0.4, -0.2) is 31.1 Å². The molecule has 0 unspecified atom stereocenters. The number of ether oxygens (including phenoxy) is 2. The first kappa shape index (κ1) is 18.0. The number of amides is 1. The van der Waals surface area contributed by atoms with Gasteiger partial charge in [0.25, 0.3) is 5.91 Å². The summed E-state index contributed by atoms with van der Waals surface area (Å²) < 4.78 is 10.4. The Kier molecular flexibility index (Phi) is 5.89. The van der Waals surface area contributed by atoms with E-state index in [4.69, 9.17) is 9.47 Å². The zero-order chi connectivity index (χ0) is 18.4. The van der Waals surface area contributed by atoms with Crippen molar-refractivity contribution in [1.82, 2.24) is 5.32 Å². The lowest BCUT2D eigenvalue weighted by Crippen LogP contribution is -2.37. The van der Waals surface area contributed by atoms with E-state index in [1.165, 1.54) is 0 Å². The van der Waals surface area contributed by atoms with Crippen LogP contribution in [0.5, 0.6) is 5.75 Å². The number of hydrogen-bond acceptors (Lipinski definition) is 4. The Hall–Kier alpha value is -2.82. The summed E-state index contributed by atoms with van der Waals surface area (Å²) in [5.74, 6) is 0.307. The van der Waals surface area contributed by atoms with Crippen LogP contribution in [0.15, 0.2) is 54.6 Å². The van der Waals surface area contributed by atoms with Gasteiger partial charge in [0.1, 0.15) is 5.75 Å². The van der Waals surface area contributed by atoms with E-state index in [0.29, 0.717) is 11.7 Å². The highest BCUT2D eigenvalue weighted by atomic mass is 16.6. The van der Waals surface area contributed by atoms with E-state index in [0.717, 1.165) is 24.0 Å². The van der Waals surface area contributed by atoms with Gasteiger partial charge in [-0.15, -0.1) is 0 Å². The van der Waals surface area contributed by atoms with Crippen molar-refractivity contribution in [3.63, 3.8) is 0 Å². The third-order valence-corrected chi connectivity index (χ3v) is 4.40. The number of esters is 1. The molecule has 5 nitrogen and oxygen atoms in total. The predicted octanol–water partition coefficient (Wildman–Crippen LogP) is 3.19. The van der Waals surface area contributed by atoms with Crippen molar-refractivity contribution >= 4 is 11.9 Å². The van der Waals surface area contributed by atoms with Gasteiger partial charge in [-0.3, -0.25) is 4.79 Å². The fraction of sp³-hybridized carbons (Fsp3) is 0.333. The summed E-state index contributed by atoms with van der Waals surface area (Å²) in [6.45, 7) is 1.47. The zero-order valence-electron chi connectivity index (χ0n) is 14.8. The smallest absolute Gasteiger partial charge is 0.344 e. The number of benzene rings is 2. The number of hydrogen-bond donors (Lipinski definition) is 1. The van der Waals surface area contributed by atoms with E-state index < -0.39 is 5.97 Å². The molecule has 0 bridgehead atoms. The number of carbonyl (C=O) groups is 2. The van der Waals surface area contributed by atoms with Gasteiger partial charge < -0.3 is 14.8 Å². The third kappa shape index (κ3) is 5.34. The van der Waals surface area contributed by atoms with Crippen molar-refractivity contribution < 1.29 is 19.1 Å². The zero-order valence-corrected chi connectivity index (χ0v) is 14.8. The van der Waals surface area contributed by atoms with Crippen LogP contribution in [0.2, 0.25) is 0 Å². The van der Waals surface area contributed by atoms with Crippen molar-refractivity contribution in [2.24, 2.45) is 5.92 Å². The Morgan fingerprint density at radius 1 is 1.00 bits per heavy atom. The minimum atomic E-state index is -0.564. The minimum Gasteiger partial charge on any atom is -0.482 e. The standard InChI is InChI=1S/C21H23NO4/c1-15(16-7-8-16)22-20(23)13-26-21(24)14-25-19-11-9-18(10-12-19)17-5-3-2-4-6-17/h2-6,9-12,15-16H,7-8,13-14H2,1H3,(H,22,23)/t15-/m1/s1. The maximum Gasteiger partial charge on any atom is 0.344 e. The van der Waals surface area contributed by atoms with Crippen LogP contribution in [0.4, 0.5) is 0 Å². The molecule has 136 valence electrons. The number of nitrogens with one attached hydrogen (secondary N) is 1. The Balaban J connectivity index is 1.39. The Bertz CT molecular complexity index is 738. The SMILES string of the molecule is C[C@@H](NC(=O)COC(=O)COc1ccc(-c2ccccc2)cc1)C1CC1. The highest BCUT2D eigenvalue weighted by Crippen LogP contribution is 2.32. The first-order valence-corrected chi connectivity index (χ1v) is 8.85. The van der Waals surface area contributed by atoms with E-state index in [9.17, 15) is 9.59 Å². The summed E-state index contributed by atoms with van der Waals surface area (Å²) in [7, 11) is 0. The van der Waals surface area contributed by atoms with Gasteiger partial charge in [-0.2, -0.15) is 0 Å². The molecule has 1 fully saturated rings. The predicted molar refractivity (Wildman–Crippen MR) is 98.7 cm³/mol. The first-order chi connectivity index (χ1) is 12.6. The second-order valence-corrected chi connectivity index (χ2v) is 6.53. The van der Waals surface area contributed by atoms with E-state index in [1.807, 2.05) is 49.4 Å². The van der Waals surface area contributed by atoms with Crippen molar-refractivity contribution in [2.75, 3.05) is 13.2 Å². The van der Waals surface area contributed by atoms with E-state index >= 15 is 0 Å². The lowest BCUT2D eigenvalue weighted by Gasteiger charge is -2.13. The summed E-state index contributed by atoms with van der Waals surface area (Å²) in [5.41, 5.74) is 2.19. The molecule has 2 aromatic rings. The van der Waals surface area contributed by atoms with Crippen LogP contribution in [-0.2, 0) is 14.3 Å². The molecule has 26 heavy (non-hydrogen) atoms. The van der Waals surface area contributed by atoms with Crippen LogP contribution < -0.4 is 10.1 Å². The fourth-order valence-electron chi connectivity index (χ4n) is 2.71. The molecule has 0 aromatic heterocycles. The Labute approximate surface area is 153 Å². The molecule has 1 amide bonds. The average molecular weight is 353 g/mol. The molecule has 5 heteroatoms. The molecule has 2 aromatic carbocycles. The van der Waals surface area contributed by atoms with Crippen molar-refractivity contribution in [3.05, 3.63) is 54.6 Å². The molecule has 1 saturated carbocycles. The maximum absolute atomic E-state index is 11.7. The molecule has 1 N–H and O–H groups in total. The number of rotatable bonds is 8. The summed E-state index contributed by atoms with van der Waals surface area (Å²) in [4.78, 5) is 23.4. The van der Waals surface area contributed by atoms with Crippen molar-refractivity contribution in [2.45, 2.75) is 25.8 Å². The van der Waals surface area contributed by atoms with E-state index in [2.05, 4.69) is 5.32 Å². The topological polar surface area (TPSA) is 64.6 Å². The van der Waals surface area contributed by atoms with Crippen molar-refractivity contribution in [1.29, 1.82) is 0 Å². The van der Waals surface area contributed by atoms with Gasteiger partial charge in [0.2, 0.25) is 0 Å². The summed E-state index contributed by atoms with van der Waals surface area (Å²) in [5, 5.41) is 2.84. The second kappa shape index (κ2) is 8.52. The molecule has 0 radical (unpaired) electrons. The van der Waals surface area contributed by atoms with E-state index in [-0.39, 0.29) is 25.2 Å². The third-order valence-electron chi connectivity index (χ3n) is 4.40. The molecule has 1 aliphatic carbocycles. The van der Waals surface area contributed by atoms with Gasteiger partial charge in [-0.1, -0.05) is 42.5 Å². The highest BCUT2D eigenvalue weighted by Gasteiger charge is 2.28. The lowest BCUT2D eigenvalue weighted by atomic mass is 10.1. The largest absolute Gasteiger partial charge is 0.482 e. The normalized spacial score (nSPS) is 14.3. The molecule has 0 aliphatic heterocycles. The number of carbonyl (C=O) groups excluding carboxylic acids is 2. The molecule has 1 aliphatic rings. The van der Waals surface area contributed by atoms with Gasteiger partial charge in [-0.05, 0) is 48.9 Å². The summed E-state index contributed by atoms with van der Waals surface area (Å²) in [6.07, 6.45) is 2.30. The summed E-state index contributed by atoms with van der Waals surface area (Å²) in [6, 6.07) is 17.6. The van der Waals surface area contributed by atoms with Crippen molar-refractivity contribution in [3.8, 4) is 16.9 Å². The van der Waals surface area contributed by atoms with Crippen LogP contribution in [0, 0.1) is 5.92 Å². The van der Waals surface area contributed by atoms with Gasteiger partial charge >= 0.3 is 5.97 Å².